The van der Waals surface area contributed by atoms with E-state index in [1.165, 1.54) is 29.5 Å². The van der Waals surface area contributed by atoms with Crippen molar-refractivity contribution in [3.63, 3.8) is 0 Å². The second-order valence-corrected chi connectivity index (χ2v) is 5.43. The third kappa shape index (κ3) is 3.05. The van der Waals surface area contributed by atoms with Crippen LogP contribution in [0.3, 0.4) is 0 Å². The average Bonchev–Trinajstić information content (AvgIpc) is 2.76. The molecule has 1 unspecified atom stereocenters. The SMILES string of the molecule is CC(NC(=O)c1cccc(F)n1)c1ccc(Cl)s1. The van der Waals surface area contributed by atoms with Crippen LogP contribution in [0.25, 0.3) is 0 Å². The minimum Gasteiger partial charge on any atom is -0.343 e. The summed E-state index contributed by atoms with van der Waals surface area (Å²) in [7, 11) is 0. The first kappa shape index (κ1) is 13.0. The second kappa shape index (κ2) is 5.46. The lowest BCUT2D eigenvalue weighted by Gasteiger charge is -2.11. The maximum absolute atomic E-state index is 12.9. The first-order valence-corrected chi connectivity index (χ1v) is 6.44. The third-order valence-electron chi connectivity index (χ3n) is 2.32. The second-order valence-electron chi connectivity index (χ2n) is 3.68. The molecular formula is C12H10ClFN2OS. The molecule has 0 aliphatic heterocycles. The Balaban J connectivity index is 2.08. The molecular weight excluding hydrogens is 275 g/mol. The largest absolute Gasteiger partial charge is 0.343 e. The van der Waals surface area contributed by atoms with E-state index in [2.05, 4.69) is 10.3 Å². The number of hydrogen-bond acceptors (Lipinski definition) is 3. The van der Waals surface area contributed by atoms with Gasteiger partial charge >= 0.3 is 0 Å². The number of halogens is 2. The van der Waals surface area contributed by atoms with Crippen LogP contribution in [-0.2, 0) is 0 Å². The number of carbonyl (C=O) groups is 1. The number of carbonyl (C=O) groups excluding carboxylic acids is 1. The Kier molecular flexibility index (Phi) is 3.93. The predicted molar refractivity (Wildman–Crippen MR) is 69.4 cm³/mol. The molecule has 18 heavy (non-hydrogen) atoms. The Labute approximate surface area is 113 Å². The summed E-state index contributed by atoms with van der Waals surface area (Å²) in [6.07, 6.45) is 0. The lowest BCUT2D eigenvalue weighted by atomic mass is 10.2. The van der Waals surface area contributed by atoms with Crippen molar-refractivity contribution >= 4 is 28.8 Å². The van der Waals surface area contributed by atoms with Crippen molar-refractivity contribution in [1.82, 2.24) is 10.3 Å². The molecule has 1 amide bonds. The van der Waals surface area contributed by atoms with Crippen LogP contribution in [0.1, 0.15) is 28.3 Å². The molecule has 1 atom stereocenters. The molecule has 2 aromatic heterocycles. The minimum absolute atomic E-state index is 0.0597. The number of rotatable bonds is 3. The summed E-state index contributed by atoms with van der Waals surface area (Å²) in [4.78, 5) is 16.3. The van der Waals surface area contributed by atoms with Crippen LogP contribution in [0, 0.1) is 5.95 Å². The minimum atomic E-state index is -0.672. The van der Waals surface area contributed by atoms with Crippen molar-refractivity contribution in [3.8, 4) is 0 Å². The first-order valence-electron chi connectivity index (χ1n) is 5.25. The van der Waals surface area contributed by atoms with Gasteiger partial charge in [-0.2, -0.15) is 4.39 Å². The van der Waals surface area contributed by atoms with Crippen LogP contribution >= 0.6 is 22.9 Å². The third-order valence-corrected chi connectivity index (χ3v) is 3.73. The van der Waals surface area contributed by atoms with Gasteiger partial charge in [0.2, 0.25) is 5.95 Å². The van der Waals surface area contributed by atoms with E-state index >= 15 is 0 Å². The van der Waals surface area contributed by atoms with Crippen LogP contribution < -0.4 is 5.32 Å². The van der Waals surface area contributed by atoms with Crippen molar-refractivity contribution in [2.24, 2.45) is 0 Å². The summed E-state index contributed by atoms with van der Waals surface area (Å²) < 4.78 is 13.5. The number of thiophene rings is 1. The fraction of sp³-hybridized carbons (Fsp3) is 0.167. The molecule has 6 heteroatoms. The van der Waals surface area contributed by atoms with Crippen molar-refractivity contribution in [2.75, 3.05) is 0 Å². The van der Waals surface area contributed by atoms with Gasteiger partial charge in [-0.05, 0) is 31.2 Å². The van der Waals surface area contributed by atoms with Crippen molar-refractivity contribution in [2.45, 2.75) is 13.0 Å². The Morgan fingerprint density at radius 1 is 1.44 bits per heavy atom. The Bertz CT molecular complexity index is 573. The molecule has 1 N–H and O–H groups in total. The summed E-state index contributed by atoms with van der Waals surface area (Å²) in [6.45, 7) is 1.83. The monoisotopic (exact) mass is 284 g/mol. The van der Waals surface area contributed by atoms with Gasteiger partial charge in [-0.15, -0.1) is 11.3 Å². The maximum atomic E-state index is 12.9. The predicted octanol–water partition coefficient (Wildman–Crippen LogP) is 3.43. The van der Waals surface area contributed by atoms with Gasteiger partial charge in [0.15, 0.2) is 0 Å². The topological polar surface area (TPSA) is 42.0 Å². The van der Waals surface area contributed by atoms with E-state index in [1.807, 2.05) is 13.0 Å². The summed E-state index contributed by atoms with van der Waals surface area (Å²) in [5.74, 6) is -1.08. The summed E-state index contributed by atoms with van der Waals surface area (Å²) in [6, 6.07) is 7.53. The van der Waals surface area contributed by atoms with E-state index in [1.54, 1.807) is 6.07 Å². The summed E-state index contributed by atoms with van der Waals surface area (Å²) >= 11 is 7.22. The van der Waals surface area contributed by atoms with Crippen molar-refractivity contribution in [3.05, 3.63) is 51.2 Å². The van der Waals surface area contributed by atoms with E-state index < -0.39 is 11.9 Å². The molecule has 2 aromatic rings. The highest BCUT2D eigenvalue weighted by molar-refractivity contribution is 7.16. The zero-order valence-electron chi connectivity index (χ0n) is 9.48. The lowest BCUT2D eigenvalue weighted by Crippen LogP contribution is -2.27. The molecule has 3 nitrogen and oxygen atoms in total. The zero-order chi connectivity index (χ0) is 13.1. The zero-order valence-corrected chi connectivity index (χ0v) is 11.1. The maximum Gasteiger partial charge on any atom is 0.270 e. The van der Waals surface area contributed by atoms with Gasteiger partial charge < -0.3 is 5.32 Å². The molecule has 2 rings (SSSR count). The standard InChI is InChI=1S/C12H10ClFN2OS/c1-7(9-5-6-10(13)18-9)15-12(17)8-3-2-4-11(14)16-8/h2-7H,1H3,(H,15,17). The van der Waals surface area contributed by atoms with Gasteiger partial charge in [0.25, 0.3) is 5.91 Å². The molecule has 0 fully saturated rings. The average molecular weight is 285 g/mol. The van der Waals surface area contributed by atoms with E-state index in [0.29, 0.717) is 4.34 Å². The lowest BCUT2D eigenvalue weighted by molar-refractivity contribution is 0.0934. The molecule has 0 saturated heterocycles. The fourth-order valence-corrected chi connectivity index (χ4v) is 2.50. The Morgan fingerprint density at radius 3 is 2.83 bits per heavy atom. The number of hydrogen-bond donors (Lipinski definition) is 1. The molecule has 0 aliphatic carbocycles. The quantitative estimate of drug-likeness (QED) is 0.878. The van der Waals surface area contributed by atoms with Crippen LogP contribution in [-0.4, -0.2) is 10.9 Å². The van der Waals surface area contributed by atoms with Gasteiger partial charge in [0.05, 0.1) is 10.4 Å². The molecule has 2 heterocycles. The number of amides is 1. The Morgan fingerprint density at radius 2 is 2.22 bits per heavy atom. The Hall–Kier alpha value is -1.46. The van der Waals surface area contributed by atoms with Gasteiger partial charge in [-0.3, -0.25) is 4.79 Å². The van der Waals surface area contributed by atoms with Crippen LogP contribution in [0.2, 0.25) is 4.34 Å². The fourth-order valence-electron chi connectivity index (χ4n) is 1.44. The van der Waals surface area contributed by atoms with Gasteiger partial charge in [-0.25, -0.2) is 4.98 Å². The van der Waals surface area contributed by atoms with E-state index in [9.17, 15) is 9.18 Å². The van der Waals surface area contributed by atoms with Crippen molar-refractivity contribution < 1.29 is 9.18 Å². The van der Waals surface area contributed by atoms with Crippen molar-refractivity contribution in [1.29, 1.82) is 0 Å². The molecule has 0 spiro atoms. The molecule has 94 valence electrons. The molecule has 0 aliphatic rings. The highest BCUT2D eigenvalue weighted by Gasteiger charge is 2.14. The molecule has 0 aromatic carbocycles. The van der Waals surface area contributed by atoms with Crippen LogP contribution in [0.5, 0.6) is 0 Å². The highest BCUT2D eigenvalue weighted by Crippen LogP contribution is 2.26. The van der Waals surface area contributed by atoms with Gasteiger partial charge in [0.1, 0.15) is 5.69 Å². The van der Waals surface area contributed by atoms with E-state index in [0.717, 1.165) is 4.88 Å². The van der Waals surface area contributed by atoms with Crippen LogP contribution in [0.15, 0.2) is 30.3 Å². The van der Waals surface area contributed by atoms with E-state index in [4.69, 9.17) is 11.6 Å². The molecule has 0 radical (unpaired) electrons. The summed E-state index contributed by atoms with van der Waals surface area (Å²) in [5.41, 5.74) is 0.0597. The number of pyridine rings is 1. The van der Waals surface area contributed by atoms with E-state index in [-0.39, 0.29) is 11.7 Å². The normalized spacial score (nSPS) is 12.2. The van der Waals surface area contributed by atoms with Crippen LogP contribution in [0.4, 0.5) is 4.39 Å². The molecule has 0 bridgehead atoms. The number of nitrogens with one attached hydrogen (secondary N) is 1. The first-order chi connectivity index (χ1) is 8.56. The smallest absolute Gasteiger partial charge is 0.270 e. The van der Waals surface area contributed by atoms with Gasteiger partial charge in [-0.1, -0.05) is 17.7 Å². The number of aromatic nitrogens is 1. The summed E-state index contributed by atoms with van der Waals surface area (Å²) in [5, 5.41) is 2.74. The van der Waals surface area contributed by atoms with Gasteiger partial charge in [0, 0.05) is 4.88 Å². The molecule has 0 saturated carbocycles. The number of nitrogens with zero attached hydrogens (tertiary/aromatic N) is 1. The highest BCUT2D eigenvalue weighted by atomic mass is 35.5.